The first kappa shape index (κ1) is 18.1. The Morgan fingerprint density at radius 1 is 1.07 bits per heavy atom. The van der Waals surface area contributed by atoms with Crippen LogP contribution in [0.1, 0.15) is 16.9 Å². The first-order valence-electron chi connectivity index (χ1n) is 9.39. The number of benzene rings is 1. The zero-order valence-corrected chi connectivity index (χ0v) is 16.1. The highest BCUT2D eigenvalue weighted by molar-refractivity contribution is 7.09. The Kier molecular flexibility index (Phi) is 5.75. The average Bonchev–Trinajstić information content (AvgIpc) is 3.09. The van der Waals surface area contributed by atoms with Gasteiger partial charge in [-0.1, -0.05) is 12.1 Å². The number of piperazine rings is 1. The largest absolute Gasteiger partial charge is 0.490 e. The summed E-state index contributed by atoms with van der Waals surface area (Å²) in [6.45, 7) is 5.70. The van der Waals surface area contributed by atoms with Crippen LogP contribution >= 0.6 is 11.3 Å². The Morgan fingerprint density at radius 3 is 2.67 bits per heavy atom. The van der Waals surface area contributed by atoms with Gasteiger partial charge in [-0.25, -0.2) is 0 Å². The summed E-state index contributed by atoms with van der Waals surface area (Å²) in [5.41, 5.74) is 0.948. The van der Waals surface area contributed by atoms with Gasteiger partial charge in [0.25, 0.3) is 0 Å². The highest BCUT2D eigenvalue weighted by Gasteiger charge is 2.19. The summed E-state index contributed by atoms with van der Waals surface area (Å²) in [7, 11) is 0. The molecule has 3 heterocycles. The van der Waals surface area contributed by atoms with E-state index in [9.17, 15) is 4.79 Å². The van der Waals surface area contributed by atoms with Crippen molar-refractivity contribution in [1.82, 2.24) is 9.80 Å². The van der Waals surface area contributed by atoms with E-state index in [1.54, 1.807) is 17.4 Å². The molecule has 0 saturated carbocycles. The minimum Gasteiger partial charge on any atom is -0.490 e. The zero-order valence-electron chi connectivity index (χ0n) is 15.3. The van der Waals surface area contributed by atoms with E-state index in [0.717, 1.165) is 56.2 Å². The molecule has 2 aliphatic rings. The highest BCUT2D eigenvalue weighted by atomic mass is 32.1. The van der Waals surface area contributed by atoms with E-state index in [1.807, 2.05) is 29.2 Å². The Hall–Kier alpha value is -2.31. The topological polar surface area (TPSA) is 42.0 Å². The second-order valence-corrected chi connectivity index (χ2v) is 7.80. The monoisotopic (exact) mass is 384 g/mol. The molecular weight excluding hydrogens is 360 g/mol. The molecular formula is C21H24N2O3S. The Morgan fingerprint density at radius 2 is 1.89 bits per heavy atom. The molecule has 6 heteroatoms. The van der Waals surface area contributed by atoms with Crippen LogP contribution in [0.5, 0.6) is 11.5 Å². The van der Waals surface area contributed by atoms with Crippen molar-refractivity contribution in [2.24, 2.45) is 0 Å². The number of carbonyl (C=O) groups is 1. The third-order valence-electron chi connectivity index (χ3n) is 4.83. The number of amides is 1. The molecule has 5 nitrogen and oxygen atoms in total. The van der Waals surface area contributed by atoms with Crippen molar-refractivity contribution < 1.29 is 14.3 Å². The highest BCUT2D eigenvalue weighted by Crippen LogP contribution is 2.30. The van der Waals surface area contributed by atoms with Gasteiger partial charge in [-0.05, 0) is 35.2 Å². The Bertz CT molecular complexity index is 796. The third-order valence-corrected chi connectivity index (χ3v) is 5.69. The van der Waals surface area contributed by atoms with Gasteiger partial charge in [0.1, 0.15) is 0 Å². The van der Waals surface area contributed by atoms with Crippen molar-refractivity contribution in [2.75, 3.05) is 39.4 Å². The molecule has 2 aliphatic heterocycles. The molecule has 0 aliphatic carbocycles. The van der Waals surface area contributed by atoms with E-state index in [0.29, 0.717) is 13.2 Å². The molecule has 0 N–H and O–H groups in total. The van der Waals surface area contributed by atoms with E-state index >= 15 is 0 Å². The van der Waals surface area contributed by atoms with Gasteiger partial charge in [0.05, 0.1) is 13.2 Å². The van der Waals surface area contributed by atoms with Crippen LogP contribution in [0, 0.1) is 0 Å². The molecule has 1 aromatic heterocycles. The van der Waals surface area contributed by atoms with Crippen LogP contribution in [-0.4, -0.2) is 55.1 Å². The van der Waals surface area contributed by atoms with Gasteiger partial charge < -0.3 is 14.4 Å². The van der Waals surface area contributed by atoms with Crippen molar-refractivity contribution in [3.63, 3.8) is 0 Å². The van der Waals surface area contributed by atoms with Crippen LogP contribution in [0.3, 0.4) is 0 Å². The minimum atomic E-state index is 0.0675. The number of rotatable bonds is 4. The average molecular weight is 385 g/mol. The number of hydrogen-bond acceptors (Lipinski definition) is 5. The second kappa shape index (κ2) is 8.59. The number of ether oxygens (including phenoxy) is 2. The summed E-state index contributed by atoms with van der Waals surface area (Å²) < 4.78 is 11.4. The Balaban J connectivity index is 1.31. The van der Waals surface area contributed by atoms with Crippen molar-refractivity contribution in [3.8, 4) is 11.5 Å². The lowest BCUT2D eigenvalue weighted by molar-refractivity contribution is -0.127. The predicted molar refractivity (Wildman–Crippen MR) is 107 cm³/mol. The second-order valence-electron chi connectivity index (χ2n) is 6.77. The summed E-state index contributed by atoms with van der Waals surface area (Å²) in [4.78, 5) is 18.2. The summed E-state index contributed by atoms with van der Waals surface area (Å²) in [5, 5.41) is 2.11. The summed E-state index contributed by atoms with van der Waals surface area (Å²) in [6.07, 6.45) is 4.40. The maximum absolute atomic E-state index is 12.5. The lowest BCUT2D eigenvalue weighted by Crippen LogP contribution is -2.47. The molecule has 27 heavy (non-hydrogen) atoms. The number of carbonyl (C=O) groups excluding carboxylic acids is 1. The normalized spacial score (nSPS) is 17.9. The zero-order chi connectivity index (χ0) is 18.5. The van der Waals surface area contributed by atoms with Gasteiger partial charge in [0.2, 0.25) is 5.91 Å². The molecule has 0 bridgehead atoms. The van der Waals surface area contributed by atoms with Crippen molar-refractivity contribution in [1.29, 1.82) is 0 Å². The van der Waals surface area contributed by atoms with Gasteiger partial charge >= 0.3 is 0 Å². The Labute approximate surface area is 163 Å². The quantitative estimate of drug-likeness (QED) is 0.759. The van der Waals surface area contributed by atoms with E-state index in [2.05, 4.69) is 22.4 Å². The smallest absolute Gasteiger partial charge is 0.246 e. The fourth-order valence-electron chi connectivity index (χ4n) is 3.31. The fourth-order valence-corrected chi connectivity index (χ4v) is 4.05. The lowest BCUT2D eigenvalue weighted by Gasteiger charge is -2.34. The molecule has 0 unspecified atom stereocenters. The lowest BCUT2D eigenvalue weighted by atomic mass is 10.2. The standard InChI is InChI=1S/C21H24N2O3S/c24-21(23-10-8-22(9-11-23)16-18-3-1-14-27-18)7-5-17-4-6-19-20(15-17)26-13-2-12-25-19/h1,3-7,14-15H,2,8-13,16H2. The molecule has 4 rings (SSSR count). The fraction of sp³-hybridized carbons (Fsp3) is 0.381. The van der Waals surface area contributed by atoms with E-state index in [1.165, 1.54) is 4.88 Å². The van der Waals surface area contributed by atoms with Crippen LogP contribution < -0.4 is 9.47 Å². The van der Waals surface area contributed by atoms with E-state index in [4.69, 9.17) is 9.47 Å². The van der Waals surface area contributed by atoms with Gasteiger partial charge in [0, 0.05) is 50.1 Å². The molecule has 1 amide bonds. The summed E-state index contributed by atoms with van der Waals surface area (Å²) in [6, 6.07) is 10.1. The van der Waals surface area contributed by atoms with Gasteiger partial charge in [-0.2, -0.15) is 0 Å². The minimum absolute atomic E-state index is 0.0675. The van der Waals surface area contributed by atoms with E-state index < -0.39 is 0 Å². The van der Waals surface area contributed by atoms with Crippen LogP contribution in [0.4, 0.5) is 0 Å². The molecule has 1 saturated heterocycles. The first-order valence-corrected chi connectivity index (χ1v) is 10.3. The van der Waals surface area contributed by atoms with Crippen LogP contribution in [0.2, 0.25) is 0 Å². The van der Waals surface area contributed by atoms with Crippen molar-refractivity contribution in [3.05, 3.63) is 52.2 Å². The van der Waals surface area contributed by atoms with Gasteiger partial charge in [0.15, 0.2) is 11.5 Å². The molecule has 2 aromatic rings. The molecule has 0 radical (unpaired) electrons. The maximum atomic E-state index is 12.5. The molecule has 1 fully saturated rings. The van der Waals surface area contributed by atoms with Crippen molar-refractivity contribution >= 4 is 23.3 Å². The maximum Gasteiger partial charge on any atom is 0.246 e. The molecule has 0 spiro atoms. The molecule has 0 atom stereocenters. The molecule has 142 valence electrons. The molecule has 1 aromatic carbocycles. The number of nitrogens with zero attached hydrogens (tertiary/aromatic N) is 2. The van der Waals surface area contributed by atoms with Crippen LogP contribution in [0.15, 0.2) is 41.8 Å². The van der Waals surface area contributed by atoms with Gasteiger partial charge in [-0.3, -0.25) is 9.69 Å². The summed E-state index contributed by atoms with van der Waals surface area (Å²) >= 11 is 1.79. The summed E-state index contributed by atoms with van der Waals surface area (Å²) in [5.74, 6) is 1.60. The first-order chi connectivity index (χ1) is 13.3. The predicted octanol–water partition coefficient (Wildman–Crippen LogP) is 3.27. The SMILES string of the molecule is O=C(C=Cc1ccc2c(c1)OCCCO2)N1CCN(Cc2cccs2)CC1. The van der Waals surface area contributed by atoms with Crippen LogP contribution in [0.25, 0.3) is 6.08 Å². The number of hydrogen-bond donors (Lipinski definition) is 0. The van der Waals surface area contributed by atoms with Crippen LogP contribution in [-0.2, 0) is 11.3 Å². The van der Waals surface area contributed by atoms with E-state index in [-0.39, 0.29) is 5.91 Å². The number of thiophene rings is 1. The van der Waals surface area contributed by atoms with Crippen molar-refractivity contribution in [2.45, 2.75) is 13.0 Å². The van der Waals surface area contributed by atoms with Gasteiger partial charge in [-0.15, -0.1) is 11.3 Å². The third kappa shape index (κ3) is 4.70. The number of fused-ring (bicyclic) bond motifs is 1.